The van der Waals surface area contributed by atoms with Gasteiger partial charge < -0.3 is 28.4 Å². The van der Waals surface area contributed by atoms with Gasteiger partial charge in [0.1, 0.15) is 23.1 Å². The van der Waals surface area contributed by atoms with Crippen LogP contribution in [0.1, 0.15) is 63.8 Å². The minimum atomic E-state index is -0.256. The molecule has 0 aromatic heterocycles. The summed E-state index contributed by atoms with van der Waals surface area (Å²) in [4.78, 5) is 12.5. The first-order valence-corrected chi connectivity index (χ1v) is 31.4. The lowest BCUT2D eigenvalue weighted by Gasteiger charge is -2.22. The molecule has 0 heterocycles. The number of halogens is 1. The summed E-state index contributed by atoms with van der Waals surface area (Å²) in [6, 6.07) is 37.2. The fourth-order valence-corrected chi connectivity index (χ4v) is 13.9. The van der Waals surface area contributed by atoms with Crippen molar-refractivity contribution in [3.8, 4) is 17.2 Å². The molecule has 3 aliphatic carbocycles. The number of methoxy groups -OCH3 is 3. The van der Waals surface area contributed by atoms with Crippen molar-refractivity contribution in [3.05, 3.63) is 232 Å². The molecule has 0 saturated carbocycles. The summed E-state index contributed by atoms with van der Waals surface area (Å²) in [5, 5.41) is 7.09. The molecule has 13 heteroatoms. The number of rotatable bonds is 24. The maximum Gasteiger partial charge on any atom is 0.188 e. The highest BCUT2D eigenvalue weighted by Crippen LogP contribution is 2.33. The third-order valence-corrected chi connectivity index (χ3v) is 18.1. The topological polar surface area (TPSA) is 92.5 Å². The Morgan fingerprint density at radius 1 is 0.464 bits per heavy atom. The Hall–Kier alpha value is -6.73. The molecule has 84 heavy (non-hydrogen) atoms. The molecule has 0 fully saturated rings. The van der Waals surface area contributed by atoms with Gasteiger partial charge in [0.05, 0.1) is 0 Å². The third-order valence-electron chi connectivity index (χ3n) is 13.9. The van der Waals surface area contributed by atoms with E-state index in [2.05, 4.69) is 187 Å². The normalized spacial score (nSPS) is 16.5. The van der Waals surface area contributed by atoms with Crippen molar-refractivity contribution in [3.63, 3.8) is 0 Å². The van der Waals surface area contributed by atoms with Gasteiger partial charge in [0, 0.05) is 88.2 Å². The summed E-state index contributed by atoms with van der Waals surface area (Å²) in [6.45, 7) is 4.87. The maximum atomic E-state index is 14.0. The second-order valence-corrected chi connectivity index (χ2v) is 24.5. The molecule has 6 aromatic rings. The van der Waals surface area contributed by atoms with E-state index in [-0.39, 0.29) is 26.2 Å². The molecule has 6 aromatic carbocycles. The molecule has 9 rings (SSSR count). The van der Waals surface area contributed by atoms with Gasteiger partial charge in [0.25, 0.3) is 0 Å². The molecule has 6 atom stereocenters. The number of ether oxygens (including phenoxy) is 6. The van der Waals surface area contributed by atoms with Crippen LogP contribution in [0.5, 0.6) is 17.2 Å². The second kappa shape index (κ2) is 35.5. The van der Waals surface area contributed by atoms with Gasteiger partial charge in [-0.1, -0.05) is 177 Å². The Morgan fingerprint density at radius 3 is 1.62 bits per heavy atom. The van der Waals surface area contributed by atoms with Crippen LogP contribution in [0.2, 0.25) is 0 Å². The molecule has 0 saturated heterocycles. The van der Waals surface area contributed by atoms with Crippen LogP contribution < -0.4 is 46.0 Å². The molecule has 0 radical (unpaired) electrons. The molecule has 0 amide bonds. The van der Waals surface area contributed by atoms with E-state index in [1.165, 1.54) is 55.1 Å². The van der Waals surface area contributed by atoms with Gasteiger partial charge in [0.2, 0.25) is 0 Å². The Balaban J connectivity index is 0.000000187. The Labute approximate surface area is 504 Å². The van der Waals surface area contributed by atoms with Crippen LogP contribution in [-0.4, -0.2) is 81.5 Å². The zero-order valence-corrected chi connectivity index (χ0v) is 52.8. The first-order chi connectivity index (χ1) is 41.1. The minimum absolute atomic E-state index is 0.188. The minimum Gasteiger partial charge on any atom is -0.467 e. The van der Waals surface area contributed by atoms with Gasteiger partial charge >= 0.3 is 0 Å². The highest BCUT2D eigenvalue weighted by Gasteiger charge is 2.20. The highest BCUT2D eigenvalue weighted by molar-refractivity contribution is 7.56. The van der Waals surface area contributed by atoms with E-state index in [1.54, 1.807) is 47.7 Å². The zero-order chi connectivity index (χ0) is 59.3. The maximum absolute atomic E-state index is 14.0. The monoisotopic (exact) mass is 1180 g/mol. The van der Waals surface area contributed by atoms with E-state index in [1.807, 2.05) is 31.6 Å². The molecule has 0 N–H and O–H groups in total. The third kappa shape index (κ3) is 20.5. The molecular formula is C71H81FN3O6P3. The van der Waals surface area contributed by atoms with Gasteiger partial charge in [-0.2, -0.15) is 0 Å². The number of aliphatic imine (C=N–C) groups is 3. The average Bonchev–Trinajstić information content (AvgIpc) is 3.40. The molecule has 438 valence electrons. The van der Waals surface area contributed by atoms with Gasteiger partial charge in [0.15, 0.2) is 20.4 Å². The quantitative estimate of drug-likeness (QED) is 0.0341. The van der Waals surface area contributed by atoms with Crippen molar-refractivity contribution in [2.75, 3.05) is 62.9 Å². The molecule has 0 bridgehead atoms. The number of aryl methyl sites for hydroxylation is 2. The average molecular weight is 1180 g/mol. The molecule has 9 nitrogen and oxygen atoms in total. The number of nitrogens with zero attached hydrogens (tertiary/aromatic N) is 3. The Morgan fingerprint density at radius 2 is 0.988 bits per heavy atom. The largest absolute Gasteiger partial charge is 0.467 e. The standard InChI is InChI=1S/C30H33FNO2P.C24H28NO2P.C17H20NO2P/c1-32-20-26-19-27(31)13-14-28(26)35-29-18-24(15-22-9-5-3-6-10-22)17-25(30(29)34-21-33-2)16-23-11-7-4-8-12-23;1-18-9-12-23(21(13-18)16-25-2)28-24-15-20(10-11-22(24)27-17-26-3)14-19-7-5-4-6-8-19;1-13-7-6-10-16(17(13)20-12-19-3)21-15-9-5-4-8-14(15)11-18-2/h3-9,11,13-14,17-20,22-23,35H,10,12,15-16,21H2,1-2H3;4-7,9-13,15-16,19,28H,8,14,17H2,1-3H3;4-11,21H,12H2,1-3H3. The van der Waals surface area contributed by atoms with Crippen molar-refractivity contribution in [1.82, 2.24) is 0 Å². The van der Waals surface area contributed by atoms with Crippen molar-refractivity contribution < 1.29 is 32.8 Å². The van der Waals surface area contributed by atoms with E-state index < -0.39 is 0 Å². The lowest BCUT2D eigenvalue weighted by molar-refractivity contribution is 0.0510. The molecule has 6 unspecified atom stereocenters. The zero-order valence-electron chi connectivity index (χ0n) is 49.8. The second-order valence-electron chi connectivity index (χ2n) is 20.6. The van der Waals surface area contributed by atoms with Crippen molar-refractivity contribution >= 4 is 76.2 Å². The fraction of sp³-hybridized carbons (Fsp3) is 0.282. The van der Waals surface area contributed by atoms with Crippen LogP contribution in [0.3, 0.4) is 0 Å². The predicted molar refractivity (Wildman–Crippen MR) is 359 cm³/mol. The Bertz CT molecular complexity index is 3370. The van der Waals surface area contributed by atoms with Crippen molar-refractivity contribution in [2.24, 2.45) is 32.7 Å². The molecule has 0 aliphatic heterocycles. The first kappa shape index (κ1) is 64.8. The number of benzene rings is 6. The molecule has 0 spiro atoms. The van der Waals surface area contributed by atoms with E-state index in [0.717, 1.165) is 83.1 Å². The number of hydrogen-bond acceptors (Lipinski definition) is 9. The molecular weight excluding hydrogens is 1100 g/mol. The summed E-state index contributed by atoms with van der Waals surface area (Å²) in [6.07, 6.45) is 38.0. The van der Waals surface area contributed by atoms with E-state index in [0.29, 0.717) is 43.5 Å². The highest BCUT2D eigenvalue weighted by atomic mass is 31.1. The van der Waals surface area contributed by atoms with Gasteiger partial charge in [-0.05, 0) is 150 Å². The lowest BCUT2D eigenvalue weighted by atomic mass is 9.89. The van der Waals surface area contributed by atoms with Gasteiger partial charge in [-0.25, -0.2) is 4.39 Å². The summed E-state index contributed by atoms with van der Waals surface area (Å²) >= 11 is 0. The number of allylic oxidation sites excluding steroid dienone is 12. The summed E-state index contributed by atoms with van der Waals surface area (Å²) < 4.78 is 47.2. The van der Waals surface area contributed by atoms with E-state index >= 15 is 0 Å². The van der Waals surface area contributed by atoms with Crippen LogP contribution in [0.4, 0.5) is 4.39 Å². The first-order valence-electron chi connectivity index (χ1n) is 28.4. The van der Waals surface area contributed by atoms with Crippen molar-refractivity contribution in [1.29, 1.82) is 0 Å². The summed E-state index contributed by atoms with van der Waals surface area (Å²) in [5.74, 6) is 3.93. The lowest BCUT2D eigenvalue weighted by Crippen LogP contribution is -2.18. The fourth-order valence-electron chi connectivity index (χ4n) is 9.99. The van der Waals surface area contributed by atoms with Crippen LogP contribution in [0.15, 0.2) is 197 Å². The van der Waals surface area contributed by atoms with Crippen LogP contribution in [0.25, 0.3) is 0 Å². The van der Waals surface area contributed by atoms with Crippen LogP contribution in [0, 0.1) is 37.4 Å². The predicted octanol–water partition coefficient (Wildman–Crippen LogP) is 12.8. The smallest absolute Gasteiger partial charge is 0.188 e. The van der Waals surface area contributed by atoms with Gasteiger partial charge in [-0.15, -0.1) is 0 Å². The molecule has 3 aliphatic rings. The van der Waals surface area contributed by atoms with E-state index in [9.17, 15) is 4.39 Å². The number of para-hydroxylation sites is 1. The van der Waals surface area contributed by atoms with Crippen LogP contribution in [-0.2, 0) is 33.5 Å². The van der Waals surface area contributed by atoms with Crippen LogP contribution >= 0.6 is 25.7 Å². The number of hydrogen-bond donors (Lipinski definition) is 0. The Kier molecular flexibility index (Phi) is 27.4. The van der Waals surface area contributed by atoms with E-state index in [4.69, 9.17) is 28.4 Å². The summed E-state index contributed by atoms with van der Waals surface area (Å²) in [7, 11) is 11.6. The van der Waals surface area contributed by atoms with Gasteiger partial charge in [-0.3, -0.25) is 15.0 Å². The van der Waals surface area contributed by atoms with Crippen molar-refractivity contribution in [2.45, 2.75) is 52.4 Å². The summed E-state index contributed by atoms with van der Waals surface area (Å²) in [5.41, 5.74) is 9.34. The SMILES string of the molecule is CN=Cc1cc(C)ccc1Pc1cc(CC2C=CC=CC2)ccc1OCOC.CN=Cc1cc(F)ccc1Pc1cc(CC2C=CC=CC2)cc(CC2C=CC=CC2)c1OCOC.CN=Cc1ccccc1Pc1cccc(C)c1OCOC.